The lowest BCUT2D eigenvalue weighted by Gasteiger charge is -2.39. The summed E-state index contributed by atoms with van der Waals surface area (Å²) in [5.74, 6) is -0.338. The molecule has 0 bridgehead atoms. The van der Waals surface area contributed by atoms with Crippen LogP contribution in [0.3, 0.4) is 0 Å². The number of hydrogen-bond donors (Lipinski definition) is 2. The van der Waals surface area contributed by atoms with Crippen molar-refractivity contribution in [2.24, 2.45) is 5.41 Å². The molecular weight excluding hydrogens is 571 g/mol. The number of hydrogen-bond acceptors (Lipinski definition) is 8. The van der Waals surface area contributed by atoms with Crippen molar-refractivity contribution < 1.29 is 27.4 Å². The molecule has 3 N–H and O–H groups in total. The Balaban J connectivity index is 1.35. The van der Waals surface area contributed by atoms with Crippen LogP contribution in [0.1, 0.15) is 44.8 Å². The fourth-order valence-corrected chi connectivity index (χ4v) is 5.87. The molecule has 1 spiro atoms. The van der Waals surface area contributed by atoms with Crippen molar-refractivity contribution >= 4 is 29.3 Å². The van der Waals surface area contributed by atoms with E-state index in [2.05, 4.69) is 15.3 Å². The summed E-state index contributed by atoms with van der Waals surface area (Å²) in [7, 11) is 0. The topological polar surface area (TPSA) is 103 Å². The van der Waals surface area contributed by atoms with Crippen molar-refractivity contribution in [3.05, 3.63) is 65.2 Å². The van der Waals surface area contributed by atoms with Crippen LogP contribution in [0.15, 0.2) is 54.6 Å². The van der Waals surface area contributed by atoms with E-state index in [1.165, 1.54) is 24.3 Å². The molecule has 2 aliphatic rings. The number of halogens is 4. The van der Waals surface area contributed by atoms with E-state index < -0.39 is 12.3 Å². The largest absolute Gasteiger partial charge is 0.462 e. The van der Waals surface area contributed by atoms with Gasteiger partial charge in [0, 0.05) is 36.3 Å². The van der Waals surface area contributed by atoms with Gasteiger partial charge in [-0.3, -0.25) is 4.79 Å². The van der Waals surface area contributed by atoms with E-state index in [0.717, 1.165) is 12.8 Å². The SMILES string of the molecule is CC(C)OC(=O)[C@@H]1CC2(CCN(c3cc(OC(c4ccc(Cl)cc4-c4ccccc4)C(F)(F)F)nc(N)n3)CC2)CN1. The molecule has 0 aliphatic carbocycles. The average molecular weight is 604 g/mol. The highest BCUT2D eigenvalue weighted by Crippen LogP contribution is 2.43. The van der Waals surface area contributed by atoms with E-state index in [-0.39, 0.29) is 40.9 Å². The molecule has 0 amide bonds. The summed E-state index contributed by atoms with van der Waals surface area (Å²) in [4.78, 5) is 22.6. The summed E-state index contributed by atoms with van der Waals surface area (Å²) < 4.78 is 54.4. The Hall–Kier alpha value is -3.57. The second-order valence-corrected chi connectivity index (χ2v) is 11.6. The number of nitrogen functional groups attached to an aromatic ring is 1. The second-order valence-electron chi connectivity index (χ2n) is 11.2. The van der Waals surface area contributed by atoms with Crippen molar-refractivity contribution in [3.63, 3.8) is 0 Å². The summed E-state index contributed by atoms with van der Waals surface area (Å²) >= 11 is 6.17. The Morgan fingerprint density at radius 3 is 2.50 bits per heavy atom. The van der Waals surface area contributed by atoms with Gasteiger partial charge in [-0.2, -0.15) is 23.1 Å². The Morgan fingerprint density at radius 2 is 1.83 bits per heavy atom. The molecule has 1 aromatic heterocycles. The molecule has 1 unspecified atom stereocenters. The number of aromatic nitrogens is 2. The molecule has 2 fully saturated rings. The van der Waals surface area contributed by atoms with E-state index in [1.807, 2.05) is 18.7 Å². The number of esters is 1. The summed E-state index contributed by atoms with van der Waals surface area (Å²) in [6, 6.07) is 13.9. The number of carbonyl (C=O) groups is 1. The number of nitrogens with two attached hydrogens (primary N) is 1. The molecule has 0 radical (unpaired) electrons. The third-order valence-corrected chi connectivity index (χ3v) is 8.01. The van der Waals surface area contributed by atoms with Gasteiger partial charge in [-0.15, -0.1) is 0 Å². The number of ether oxygens (including phenoxy) is 2. The lowest BCUT2D eigenvalue weighted by atomic mass is 9.76. The van der Waals surface area contributed by atoms with Gasteiger partial charge >= 0.3 is 12.1 Å². The maximum atomic E-state index is 14.5. The molecule has 224 valence electrons. The highest BCUT2D eigenvalue weighted by molar-refractivity contribution is 6.30. The molecule has 12 heteroatoms. The van der Waals surface area contributed by atoms with E-state index in [0.29, 0.717) is 48.0 Å². The Morgan fingerprint density at radius 1 is 1.12 bits per heavy atom. The van der Waals surface area contributed by atoms with Crippen LogP contribution in [0.4, 0.5) is 24.9 Å². The van der Waals surface area contributed by atoms with Crippen LogP contribution >= 0.6 is 11.6 Å². The smallest absolute Gasteiger partial charge is 0.429 e. The second kappa shape index (κ2) is 12.0. The van der Waals surface area contributed by atoms with Crippen LogP contribution in [0.25, 0.3) is 11.1 Å². The molecule has 42 heavy (non-hydrogen) atoms. The number of anilines is 2. The maximum absolute atomic E-state index is 14.5. The predicted octanol–water partition coefficient (Wildman–Crippen LogP) is 5.96. The summed E-state index contributed by atoms with van der Waals surface area (Å²) in [6.07, 6.45) is -5.07. The molecule has 3 heterocycles. The quantitative estimate of drug-likeness (QED) is 0.319. The van der Waals surface area contributed by atoms with Gasteiger partial charge in [-0.05, 0) is 61.8 Å². The maximum Gasteiger partial charge on any atom is 0.429 e. The Bertz CT molecular complexity index is 1420. The number of nitrogens with one attached hydrogen (secondary N) is 1. The minimum Gasteiger partial charge on any atom is -0.462 e. The number of benzene rings is 2. The van der Waals surface area contributed by atoms with E-state index >= 15 is 0 Å². The minimum absolute atomic E-state index is 0.0706. The van der Waals surface area contributed by atoms with Gasteiger partial charge < -0.3 is 25.4 Å². The molecule has 2 saturated heterocycles. The van der Waals surface area contributed by atoms with Gasteiger partial charge in [-0.25, -0.2) is 0 Å². The first-order valence-electron chi connectivity index (χ1n) is 13.8. The number of alkyl halides is 3. The van der Waals surface area contributed by atoms with Crippen molar-refractivity contribution in [3.8, 4) is 17.0 Å². The highest BCUT2D eigenvalue weighted by atomic mass is 35.5. The zero-order valence-corrected chi connectivity index (χ0v) is 24.1. The highest BCUT2D eigenvalue weighted by Gasteiger charge is 2.46. The van der Waals surface area contributed by atoms with Gasteiger partial charge in [0.05, 0.1) is 6.10 Å². The lowest BCUT2D eigenvalue weighted by Crippen LogP contribution is -2.41. The number of piperidine rings is 1. The van der Waals surface area contributed by atoms with E-state index in [1.54, 1.807) is 30.3 Å². The Labute approximate surface area is 247 Å². The van der Waals surface area contributed by atoms with E-state index in [4.69, 9.17) is 26.8 Å². The van der Waals surface area contributed by atoms with Gasteiger partial charge in [0.2, 0.25) is 17.9 Å². The molecule has 8 nitrogen and oxygen atoms in total. The fraction of sp³-hybridized carbons (Fsp3) is 0.433. The lowest BCUT2D eigenvalue weighted by molar-refractivity contribution is -0.198. The standard InChI is InChI=1S/C30H33ClF3N5O3/c1-18(2)41-27(40)23-16-29(17-36-23)10-12-39(13-11-29)24-15-25(38-28(35)37-24)42-26(30(32,33)34)21-9-8-20(31)14-22(21)19-6-4-3-5-7-19/h3-9,14-15,18,23,26,36H,10-13,16-17H2,1-2H3,(H2,35,37,38)/t23-,26?/m0/s1. The summed E-state index contributed by atoms with van der Waals surface area (Å²) in [5.41, 5.74) is 6.65. The number of carbonyl (C=O) groups excluding carboxylic acids is 1. The van der Waals surface area contributed by atoms with Crippen LogP contribution in [0.5, 0.6) is 5.88 Å². The average Bonchev–Trinajstić information content (AvgIpc) is 3.35. The minimum atomic E-state index is -4.77. The molecule has 2 aromatic carbocycles. The normalized spacial score (nSPS) is 19.2. The number of rotatable bonds is 7. The van der Waals surface area contributed by atoms with Crippen molar-refractivity contribution in [1.82, 2.24) is 15.3 Å². The summed E-state index contributed by atoms with van der Waals surface area (Å²) in [5, 5.41) is 3.59. The van der Waals surface area contributed by atoms with Gasteiger partial charge in [0.1, 0.15) is 11.9 Å². The third-order valence-electron chi connectivity index (χ3n) is 7.77. The first-order valence-corrected chi connectivity index (χ1v) is 14.2. The summed E-state index contributed by atoms with van der Waals surface area (Å²) in [6.45, 7) is 5.50. The van der Waals surface area contributed by atoms with Gasteiger partial charge in [0.15, 0.2) is 0 Å². The van der Waals surface area contributed by atoms with Crippen molar-refractivity contribution in [1.29, 1.82) is 0 Å². The van der Waals surface area contributed by atoms with Crippen LogP contribution in [-0.2, 0) is 9.53 Å². The predicted molar refractivity (Wildman–Crippen MR) is 154 cm³/mol. The van der Waals surface area contributed by atoms with Gasteiger partial charge in [0.25, 0.3) is 0 Å². The fourth-order valence-electron chi connectivity index (χ4n) is 5.69. The zero-order chi connectivity index (χ0) is 30.1. The van der Waals surface area contributed by atoms with E-state index in [9.17, 15) is 18.0 Å². The van der Waals surface area contributed by atoms with Crippen molar-refractivity contribution in [2.45, 2.75) is 57.5 Å². The number of nitrogens with zero attached hydrogens (tertiary/aromatic N) is 3. The zero-order valence-electron chi connectivity index (χ0n) is 23.3. The van der Waals surface area contributed by atoms with Crippen LogP contribution < -0.4 is 20.7 Å². The van der Waals surface area contributed by atoms with Crippen LogP contribution in [-0.4, -0.2) is 53.9 Å². The monoisotopic (exact) mass is 603 g/mol. The molecule has 5 rings (SSSR count). The third kappa shape index (κ3) is 6.73. The molecule has 2 aliphatic heterocycles. The van der Waals surface area contributed by atoms with Crippen LogP contribution in [0, 0.1) is 5.41 Å². The Kier molecular flexibility index (Phi) is 8.52. The molecule has 3 aromatic rings. The molecule has 0 saturated carbocycles. The molecular formula is C30H33ClF3N5O3. The van der Waals surface area contributed by atoms with Crippen LogP contribution in [0.2, 0.25) is 5.02 Å². The van der Waals surface area contributed by atoms with Gasteiger partial charge in [-0.1, -0.05) is 48.0 Å². The first kappa shape index (κ1) is 29.9. The van der Waals surface area contributed by atoms with Crippen molar-refractivity contribution in [2.75, 3.05) is 30.3 Å². The first-order chi connectivity index (χ1) is 19.9. The molecule has 2 atom stereocenters.